The summed E-state index contributed by atoms with van der Waals surface area (Å²) in [6.07, 6.45) is 11.8. The van der Waals surface area contributed by atoms with Gasteiger partial charge >= 0.3 is 5.97 Å². The molecule has 1 saturated carbocycles. The van der Waals surface area contributed by atoms with E-state index in [0.717, 1.165) is 24.8 Å². The normalized spacial score (nSPS) is 39.1. The molecule has 374 valence electrons. The average Bonchev–Trinajstić information content (AvgIpc) is 3.30. The topological polar surface area (TPSA) is 184 Å². The lowest BCUT2D eigenvalue weighted by Gasteiger charge is -2.42. The Kier molecular flexibility index (Phi) is 22.6. The SMILES string of the molecule is CO[C@H]1C[C@@H]2CC[C@@H](C)[C@@](O)(O2)C(=O)C(=O)N2CCCC[C@H]2C(=O)O[C@H](C(C)C[C@@H]2CC[C@@H](OI)[C@H](OC)C2)CC(=O)[C@H](C)CC(C)[C@@H](O)[C@@H](OC)C(=O)[C@H](C)C[C@H](C)/C=C/C=CC=C1C. The van der Waals surface area contributed by atoms with Crippen LogP contribution in [0.5, 0.6) is 0 Å². The molecule has 0 radical (unpaired) electrons. The number of methoxy groups -OCH3 is 3. The standard InChI is InChI=1S/C51H80INO13/c1-30-16-12-11-13-17-31(2)42(61-8)28-38-21-19-36(7)51(60,65-38)48(57)49(58)53-23-15-14-18-39(53)50(59)64-43(33(4)26-37-20-22-41(66-52)44(27-37)62-9)29-40(54)32(3)25-35(6)46(56)47(63-10)45(55)34(5)24-30/h11-13,16-17,30,32-39,41-44,46-47,56,60H,14-15,18-29H2,1-10H3/b13-11?,16-12+,31-17?/t30-,32-,33?,34-,35?,36-,37+,38+,39+,41-,42+,43+,44-,46-,47+,51-/m1/s1. The Morgan fingerprint density at radius 2 is 1.58 bits per heavy atom. The zero-order valence-electron chi connectivity index (χ0n) is 41.2. The maximum absolute atomic E-state index is 14.4. The molecular formula is C51H80INO13. The van der Waals surface area contributed by atoms with Crippen molar-refractivity contribution in [1.29, 1.82) is 0 Å². The number of Topliss-reactive ketones (excluding diaryl/α,β-unsaturated/α-hetero) is 3. The molecule has 0 aromatic heterocycles. The number of allylic oxidation sites excluding steroid dienone is 5. The van der Waals surface area contributed by atoms with Gasteiger partial charge in [0.2, 0.25) is 5.79 Å². The number of amides is 1. The zero-order valence-corrected chi connectivity index (χ0v) is 43.3. The number of nitrogens with zero attached hydrogens (tertiary/aromatic N) is 1. The number of hydrogen-bond donors (Lipinski definition) is 2. The van der Waals surface area contributed by atoms with Crippen LogP contribution in [-0.2, 0) is 50.7 Å². The first-order chi connectivity index (χ1) is 31.3. The Labute approximate surface area is 408 Å². The van der Waals surface area contributed by atoms with Crippen molar-refractivity contribution >= 4 is 52.2 Å². The van der Waals surface area contributed by atoms with Gasteiger partial charge in [-0.2, -0.15) is 0 Å². The molecule has 14 nitrogen and oxygen atoms in total. The van der Waals surface area contributed by atoms with Crippen LogP contribution in [0.1, 0.15) is 132 Å². The minimum absolute atomic E-state index is 0.0389. The number of carbonyl (C=O) groups excluding carboxylic acids is 5. The molecule has 0 spiro atoms. The van der Waals surface area contributed by atoms with Crippen molar-refractivity contribution < 1.29 is 60.9 Å². The number of halogens is 1. The summed E-state index contributed by atoms with van der Waals surface area (Å²) in [7, 11) is 4.67. The minimum atomic E-state index is -2.41. The van der Waals surface area contributed by atoms with Gasteiger partial charge in [0.15, 0.2) is 5.78 Å². The molecule has 0 aromatic rings. The number of ether oxygens (including phenoxy) is 5. The molecule has 2 N–H and O–H groups in total. The fourth-order valence-corrected chi connectivity index (χ4v) is 11.1. The first-order valence-electron chi connectivity index (χ1n) is 24.4. The third-order valence-corrected chi connectivity index (χ3v) is 15.6. The summed E-state index contributed by atoms with van der Waals surface area (Å²) in [5.41, 5.74) is 0.890. The van der Waals surface area contributed by atoms with Crippen molar-refractivity contribution in [3.8, 4) is 0 Å². The van der Waals surface area contributed by atoms with Crippen LogP contribution < -0.4 is 0 Å². The van der Waals surface area contributed by atoms with Gasteiger partial charge in [0.1, 0.15) is 47.0 Å². The third-order valence-electron chi connectivity index (χ3n) is 15.0. The van der Waals surface area contributed by atoms with Crippen LogP contribution in [0.2, 0.25) is 0 Å². The second-order valence-corrected chi connectivity index (χ2v) is 20.6. The van der Waals surface area contributed by atoms with Crippen LogP contribution >= 0.6 is 23.0 Å². The van der Waals surface area contributed by atoms with Crippen molar-refractivity contribution in [2.24, 2.45) is 41.4 Å². The predicted molar refractivity (Wildman–Crippen MR) is 258 cm³/mol. The van der Waals surface area contributed by atoms with Gasteiger partial charge in [0.05, 0.1) is 30.5 Å². The lowest BCUT2D eigenvalue weighted by Crippen LogP contribution is -2.61. The Morgan fingerprint density at radius 3 is 2.24 bits per heavy atom. The van der Waals surface area contributed by atoms with E-state index in [9.17, 15) is 34.2 Å². The molecule has 2 unspecified atom stereocenters. The number of ketones is 3. The summed E-state index contributed by atoms with van der Waals surface area (Å²) in [6.45, 7) is 13.1. The van der Waals surface area contributed by atoms with Crippen molar-refractivity contribution in [2.45, 2.75) is 186 Å². The monoisotopic (exact) mass is 1040 g/mol. The van der Waals surface area contributed by atoms with Gasteiger partial charge in [0.25, 0.3) is 11.7 Å². The summed E-state index contributed by atoms with van der Waals surface area (Å²) < 4.78 is 35.4. The number of aliphatic hydroxyl groups excluding tert-OH is 1. The quantitative estimate of drug-likeness (QED) is 0.144. The van der Waals surface area contributed by atoms with E-state index < -0.39 is 83.7 Å². The van der Waals surface area contributed by atoms with Gasteiger partial charge in [0, 0.05) is 58.5 Å². The Bertz CT molecular complexity index is 1720. The van der Waals surface area contributed by atoms with Crippen LogP contribution in [0, 0.1) is 41.4 Å². The molecule has 1 aliphatic carbocycles. The molecule has 16 atom stereocenters. The Balaban J connectivity index is 1.68. The largest absolute Gasteiger partial charge is 0.460 e. The maximum Gasteiger partial charge on any atom is 0.329 e. The van der Waals surface area contributed by atoms with E-state index in [1.165, 1.54) is 12.0 Å². The molecule has 3 aliphatic heterocycles. The van der Waals surface area contributed by atoms with E-state index in [1.807, 2.05) is 81.1 Å². The number of rotatable bonds is 7. The van der Waals surface area contributed by atoms with Crippen molar-refractivity contribution in [2.75, 3.05) is 27.9 Å². The van der Waals surface area contributed by atoms with Crippen LogP contribution in [0.4, 0.5) is 0 Å². The second kappa shape index (κ2) is 26.6. The lowest BCUT2D eigenvalue weighted by atomic mass is 9.78. The van der Waals surface area contributed by atoms with Crippen molar-refractivity contribution in [3.63, 3.8) is 0 Å². The van der Waals surface area contributed by atoms with E-state index in [0.29, 0.717) is 44.9 Å². The first-order valence-corrected chi connectivity index (χ1v) is 25.3. The van der Waals surface area contributed by atoms with Gasteiger partial charge in [-0.25, -0.2) is 4.79 Å². The number of cyclic esters (lactones) is 1. The van der Waals surface area contributed by atoms with E-state index in [-0.39, 0.29) is 67.3 Å². The van der Waals surface area contributed by atoms with E-state index in [2.05, 4.69) is 0 Å². The third kappa shape index (κ3) is 14.8. The van der Waals surface area contributed by atoms with Crippen LogP contribution in [0.25, 0.3) is 0 Å². The smallest absolute Gasteiger partial charge is 0.329 e. The molecule has 2 bridgehead atoms. The van der Waals surface area contributed by atoms with E-state index in [1.54, 1.807) is 35.0 Å². The first kappa shape index (κ1) is 56.2. The Hall–Kier alpha value is -2.38. The van der Waals surface area contributed by atoms with Crippen LogP contribution in [0.3, 0.4) is 0 Å². The van der Waals surface area contributed by atoms with Crippen LogP contribution in [-0.4, -0.2) is 127 Å². The predicted octanol–water partition coefficient (Wildman–Crippen LogP) is 7.63. The van der Waals surface area contributed by atoms with Gasteiger partial charge in [-0.3, -0.25) is 19.2 Å². The summed E-state index contributed by atoms with van der Waals surface area (Å²) in [5.74, 6) is -7.82. The highest BCUT2D eigenvalue weighted by atomic mass is 127. The lowest BCUT2D eigenvalue weighted by molar-refractivity contribution is -0.265. The molecule has 66 heavy (non-hydrogen) atoms. The van der Waals surface area contributed by atoms with Crippen LogP contribution in [0.15, 0.2) is 36.0 Å². The van der Waals surface area contributed by atoms with Gasteiger partial charge in [-0.1, -0.05) is 71.9 Å². The highest BCUT2D eigenvalue weighted by Crippen LogP contribution is 2.38. The van der Waals surface area contributed by atoms with Gasteiger partial charge in [-0.05, 0) is 107 Å². The number of aliphatic hydroxyl groups is 2. The summed E-state index contributed by atoms with van der Waals surface area (Å²) in [6, 6.07) is -1.11. The molecule has 4 aliphatic rings. The van der Waals surface area contributed by atoms with E-state index in [4.69, 9.17) is 26.8 Å². The molecule has 0 aromatic carbocycles. The van der Waals surface area contributed by atoms with Gasteiger partial charge in [-0.15, -0.1) is 0 Å². The molecular weight excluding hydrogens is 961 g/mol. The molecule has 3 fully saturated rings. The fourth-order valence-electron chi connectivity index (χ4n) is 10.5. The fraction of sp³-hybridized carbons (Fsp3) is 0.784. The number of carbonyl (C=O) groups is 5. The number of hydrogen-bond acceptors (Lipinski definition) is 13. The van der Waals surface area contributed by atoms with E-state index >= 15 is 0 Å². The summed E-state index contributed by atoms with van der Waals surface area (Å²) in [4.78, 5) is 72.1. The molecule has 4 rings (SSSR count). The average molecular weight is 1040 g/mol. The number of esters is 1. The second-order valence-electron chi connectivity index (χ2n) is 20.1. The number of fused-ring (bicyclic) bond motifs is 3. The molecule has 15 heteroatoms. The summed E-state index contributed by atoms with van der Waals surface area (Å²) in [5, 5.41) is 23.5. The van der Waals surface area contributed by atoms with Crippen molar-refractivity contribution in [1.82, 2.24) is 4.90 Å². The van der Waals surface area contributed by atoms with Crippen molar-refractivity contribution in [3.05, 3.63) is 36.0 Å². The molecule has 1 amide bonds. The Morgan fingerprint density at radius 1 is 0.848 bits per heavy atom. The minimum Gasteiger partial charge on any atom is -0.460 e. The highest BCUT2D eigenvalue weighted by molar-refractivity contribution is 14.1. The highest BCUT2D eigenvalue weighted by Gasteiger charge is 2.53. The van der Waals surface area contributed by atoms with Gasteiger partial charge < -0.3 is 41.9 Å². The molecule has 2 saturated heterocycles. The zero-order chi connectivity index (χ0) is 48.9. The summed E-state index contributed by atoms with van der Waals surface area (Å²) >= 11 is 1.91. The maximum atomic E-state index is 14.4. The molecule has 3 heterocycles. The number of piperidine rings is 1.